The Kier molecular flexibility index (Phi) is 4.92. The van der Waals surface area contributed by atoms with Gasteiger partial charge in [-0.05, 0) is 43.3 Å². The zero-order valence-electron chi connectivity index (χ0n) is 13.6. The Morgan fingerprint density at radius 3 is 2.69 bits per heavy atom. The van der Waals surface area contributed by atoms with Gasteiger partial charge >= 0.3 is 0 Å². The lowest BCUT2D eigenvalue weighted by atomic mass is 10.1. The van der Waals surface area contributed by atoms with Crippen LogP contribution in [0.2, 0.25) is 5.02 Å². The topological polar surface area (TPSA) is 82.2 Å². The summed E-state index contributed by atoms with van der Waals surface area (Å²) in [6, 6.07) is 10.8. The Morgan fingerprint density at radius 2 is 2.04 bits per heavy atom. The fourth-order valence-corrected chi connectivity index (χ4v) is 2.47. The van der Waals surface area contributed by atoms with Crippen LogP contribution in [0.5, 0.6) is 5.75 Å². The summed E-state index contributed by atoms with van der Waals surface area (Å²) in [6.07, 6.45) is 3.05. The van der Waals surface area contributed by atoms with Crippen molar-refractivity contribution in [3.63, 3.8) is 0 Å². The molecule has 0 aliphatic heterocycles. The third kappa shape index (κ3) is 3.53. The van der Waals surface area contributed by atoms with Crippen LogP contribution >= 0.6 is 11.6 Å². The van der Waals surface area contributed by atoms with Crippen LogP contribution in [-0.2, 0) is 0 Å². The van der Waals surface area contributed by atoms with Crippen LogP contribution in [0.15, 0.2) is 53.8 Å². The highest BCUT2D eigenvalue weighted by Gasteiger charge is 2.15. The summed E-state index contributed by atoms with van der Waals surface area (Å²) in [4.78, 5) is 12.5. The van der Waals surface area contributed by atoms with Gasteiger partial charge in [-0.15, -0.1) is 0 Å². The maximum Gasteiger partial charge on any atom is 0.152 e. The molecule has 3 aromatic rings. The summed E-state index contributed by atoms with van der Waals surface area (Å²) in [5.41, 5.74) is 2.18. The summed E-state index contributed by atoms with van der Waals surface area (Å²) in [5.74, 6) is -0.767. The number of aromatic hydroxyl groups is 1. The molecule has 0 fully saturated rings. The fourth-order valence-electron chi connectivity index (χ4n) is 2.29. The monoisotopic (exact) mass is 366 g/mol. The van der Waals surface area contributed by atoms with Crippen LogP contribution in [0.25, 0.3) is 11.3 Å². The van der Waals surface area contributed by atoms with Gasteiger partial charge in [-0.3, -0.25) is 9.97 Å². The lowest BCUT2D eigenvalue weighted by Crippen LogP contribution is -2.00. The lowest BCUT2D eigenvalue weighted by Gasteiger charge is -2.08. The van der Waals surface area contributed by atoms with E-state index in [1.165, 1.54) is 24.4 Å². The van der Waals surface area contributed by atoms with E-state index in [1.54, 1.807) is 18.3 Å². The summed E-state index contributed by atoms with van der Waals surface area (Å²) in [6.45, 7) is 1.85. The van der Waals surface area contributed by atoms with Gasteiger partial charge in [0.05, 0.1) is 16.3 Å². The molecule has 0 spiro atoms. The highest BCUT2D eigenvalue weighted by atomic mass is 35.5. The largest absolute Gasteiger partial charge is 0.505 e. The number of aryl methyl sites for hydroxylation is 1. The Labute approximate surface area is 154 Å². The van der Waals surface area contributed by atoms with E-state index >= 15 is 0 Å². The van der Waals surface area contributed by atoms with E-state index in [2.05, 4.69) is 15.0 Å². The highest BCUT2D eigenvalue weighted by Crippen LogP contribution is 2.31. The number of nitriles is 1. The number of hydrogen-bond acceptors (Lipinski definition) is 5. The molecule has 3 rings (SSSR count). The summed E-state index contributed by atoms with van der Waals surface area (Å²) in [5, 5.41) is 19.9. The molecule has 0 unspecified atom stereocenters. The summed E-state index contributed by atoms with van der Waals surface area (Å²) < 4.78 is 13.3. The Morgan fingerprint density at radius 1 is 1.23 bits per heavy atom. The van der Waals surface area contributed by atoms with Crippen molar-refractivity contribution in [2.75, 3.05) is 0 Å². The summed E-state index contributed by atoms with van der Waals surface area (Å²) >= 11 is 5.74. The van der Waals surface area contributed by atoms with E-state index in [9.17, 15) is 14.8 Å². The minimum absolute atomic E-state index is 0.0473. The Balaban J connectivity index is 2.08. The molecule has 0 amide bonds. The maximum absolute atomic E-state index is 13.3. The average molecular weight is 367 g/mol. The number of aromatic nitrogens is 2. The van der Waals surface area contributed by atoms with Crippen LogP contribution in [0, 0.1) is 24.1 Å². The third-order valence-corrected chi connectivity index (χ3v) is 3.90. The molecule has 0 bridgehead atoms. The van der Waals surface area contributed by atoms with Gasteiger partial charge in [-0.25, -0.2) is 9.38 Å². The highest BCUT2D eigenvalue weighted by molar-refractivity contribution is 6.31. The molecule has 7 heteroatoms. The van der Waals surface area contributed by atoms with Crippen LogP contribution in [-0.4, -0.2) is 20.8 Å². The minimum atomic E-state index is -0.579. The van der Waals surface area contributed by atoms with Crippen molar-refractivity contribution in [3.8, 4) is 23.1 Å². The smallest absolute Gasteiger partial charge is 0.152 e. The third-order valence-electron chi connectivity index (χ3n) is 3.61. The number of rotatable bonds is 3. The van der Waals surface area contributed by atoms with E-state index in [4.69, 9.17) is 11.6 Å². The molecule has 0 saturated heterocycles. The zero-order valence-corrected chi connectivity index (χ0v) is 14.4. The molecule has 0 aliphatic carbocycles. The minimum Gasteiger partial charge on any atom is -0.505 e. The maximum atomic E-state index is 13.3. The van der Waals surface area contributed by atoms with Gasteiger partial charge in [-0.1, -0.05) is 11.6 Å². The number of hydrogen-bond donors (Lipinski definition) is 1. The van der Waals surface area contributed by atoms with Crippen molar-refractivity contribution in [1.82, 2.24) is 9.97 Å². The van der Waals surface area contributed by atoms with Crippen molar-refractivity contribution in [2.24, 2.45) is 4.99 Å². The molecule has 0 saturated carbocycles. The molecule has 26 heavy (non-hydrogen) atoms. The SMILES string of the molecule is Cc1ccc(-c2nccc(C(C#N)=Nc3ccc(F)c(Cl)c3)c2O)cn1. The van der Waals surface area contributed by atoms with E-state index in [0.717, 1.165) is 11.8 Å². The van der Waals surface area contributed by atoms with Crippen molar-refractivity contribution < 1.29 is 9.50 Å². The zero-order chi connectivity index (χ0) is 18.7. The molecule has 1 aromatic carbocycles. The predicted octanol–water partition coefficient (Wildman–Crippen LogP) is 4.59. The van der Waals surface area contributed by atoms with Gasteiger partial charge in [0.15, 0.2) is 11.5 Å². The molecule has 2 aromatic heterocycles. The lowest BCUT2D eigenvalue weighted by molar-refractivity contribution is 0.474. The molecule has 1 N–H and O–H groups in total. The molecule has 2 heterocycles. The second-order valence-corrected chi connectivity index (χ2v) is 5.82. The standard InChI is InChI=1S/C19H12ClFN4O/c1-11-2-3-12(10-24-11)18-19(26)14(6-7-23-18)17(9-22)25-13-4-5-16(21)15(20)8-13/h2-8,10,26H,1H3. The van der Waals surface area contributed by atoms with Crippen molar-refractivity contribution >= 4 is 23.0 Å². The Bertz CT molecular complexity index is 1040. The second-order valence-electron chi connectivity index (χ2n) is 5.41. The van der Waals surface area contributed by atoms with Gasteiger partial charge in [-0.2, -0.15) is 5.26 Å². The number of pyridine rings is 2. The van der Waals surface area contributed by atoms with Gasteiger partial charge in [0, 0.05) is 23.7 Å². The first-order valence-corrected chi connectivity index (χ1v) is 7.92. The number of nitrogens with zero attached hydrogens (tertiary/aromatic N) is 4. The normalized spacial score (nSPS) is 11.2. The molecule has 0 aliphatic rings. The van der Waals surface area contributed by atoms with Crippen LogP contribution in [0.4, 0.5) is 10.1 Å². The molecular weight excluding hydrogens is 355 g/mol. The van der Waals surface area contributed by atoms with E-state index < -0.39 is 5.82 Å². The number of halogens is 2. The van der Waals surface area contributed by atoms with Crippen molar-refractivity contribution in [2.45, 2.75) is 6.92 Å². The summed E-state index contributed by atoms with van der Waals surface area (Å²) in [7, 11) is 0. The van der Waals surface area contributed by atoms with Gasteiger partial charge < -0.3 is 5.11 Å². The first kappa shape index (κ1) is 17.5. The predicted molar refractivity (Wildman–Crippen MR) is 97.1 cm³/mol. The molecule has 5 nitrogen and oxygen atoms in total. The van der Waals surface area contributed by atoms with Gasteiger partial charge in [0.2, 0.25) is 0 Å². The first-order valence-electron chi connectivity index (χ1n) is 7.55. The van der Waals surface area contributed by atoms with E-state index in [-0.39, 0.29) is 27.7 Å². The first-order chi connectivity index (χ1) is 12.5. The number of aliphatic imine (C=N–C) groups is 1. The van der Waals surface area contributed by atoms with Crippen LogP contribution in [0.3, 0.4) is 0 Å². The van der Waals surface area contributed by atoms with Gasteiger partial charge in [0.25, 0.3) is 0 Å². The second kappa shape index (κ2) is 7.30. The van der Waals surface area contributed by atoms with Crippen LogP contribution < -0.4 is 0 Å². The van der Waals surface area contributed by atoms with E-state index in [0.29, 0.717) is 11.3 Å². The van der Waals surface area contributed by atoms with E-state index in [1.807, 2.05) is 13.0 Å². The molecule has 0 atom stereocenters. The number of benzene rings is 1. The van der Waals surface area contributed by atoms with Crippen molar-refractivity contribution in [1.29, 1.82) is 5.26 Å². The quantitative estimate of drug-likeness (QED) is 0.687. The van der Waals surface area contributed by atoms with Crippen LogP contribution in [0.1, 0.15) is 11.3 Å². The Hall–Kier alpha value is -3.30. The average Bonchev–Trinajstić information content (AvgIpc) is 2.64. The molecule has 0 radical (unpaired) electrons. The molecule has 128 valence electrons. The molecular formula is C19H12ClFN4O. The van der Waals surface area contributed by atoms with Gasteiger partial charge in [0.1, 0.15) is 17.6 Å². The van der Waals surface area contributed by atoms with Crippen molar-refractivity contribution in [3.05, 3.63) is 70.9 Å². The fraction of sp³-hybridized carbons (Fsp3) is 0.0526.